The van der Waals surface area contributed by atoms with Gasteiger partial charge in [0, 0.05) is 17.1 Å². The van der Waals surface area contributed by atoms with Gasteiger partial charge in [-0.3, -0.25) is 14.2 Å². The molecule has 2 aromatic carbocycles. The van der Waals surface area contributed by atoms with E-state index in [0.29, 0.717) is 23.7 Å². The Balaban J connectivity index is 1.76. The molecule has 2 aromatic heterocycles. The summed E-state index contributed by atoms with van der Waals surface area (Å²) in [6, 6.07) is 17.4. The molecule has 0 aliphatic heterocycles. The predicted octanol–water partition coefficient (Wildman–Crippen LogP) is 5.13. The lowest BCUT2D eigenvalue weighted by Crippen LogP contribution is -2.29. The second-order valence-corrected chi connectivity index (χ2v) is 8.80. The Kier molecular flexibility index (Phi) is 6.18. The van der Waals surface area contributed by atoms with Gasteiger partial charge < -0.3 is 5.32 Å². The number of aromatic nitrogens is 3. The van der Waals surface area contributed by atoms with Crippen molar-refractivity contribution < 1.29 is 4.79 Å². The molecular formula is C27H30N4O2. The van der Waals surface area contributed by atoms with Crippen LogP contribution in [-0.2, 0) is 17.8 Å². The molecule has 0 unspecified atom stereocenters. The minimum Gasteiger partial charge on any atom is -0.325 e. The van der Waals surface area contributed by atoms with Gasteiger partial charge in [0.2, 0.25) is 5.91 Å². The third kappa shape index (κ3) is 4.46. The Morgan fingerprint density at radius 3 is 2.30 bits per heavy atom. The maximum atomic E-state index is 13.1. The number of aryl methyl sites for hydroxylation is 3. The van der Waals surface area contributed by atoms with Gasteiger partial charge in [0.05, 0.1) is 11.4 Å². The zero-order chi connectivity index (χ0) is 23.7. The zero-order valence-corrected chi connectivity index (χ0v) is 19.8. The monoisotopic (exact) mass is 442 g/mol. The van der Waals surface area contributed by atoms with Gasteiger partial charge in [0.15, 0.2) is 0 Å². The van der Waals surface area contributed by atoms with E-state index < -0.39 is 0 Å². The number of amides is 1. The van der Waals surface area contributed by atoms with Gasteiger partial charge in [-0.1, -0.05) is 50.6 Å². The molecule has 6 nitrogen and oxygen atoms in total. The Bertz CT molecular complexity index is 1360. The highest BCUT2D eigenvalue weighted by atomic mass is 16.2. The van der Waals surface area contributed by atoms with Crippen LogP contribution < -0.4 is 10.9 Å². The molecule has 6 heteroatoms. The molecule has 2 heterocycles. The number of pyridine rings is 1. The van der Waals surface area contributed by atoms with Crippen molar-refractivity contribution in [2.45, 2.75) is 53.5 Å². The minimum atomic E-state index is -0.255. The second kappa shape index (κ2) is 9.06. The van der Waals surface area contributed by atoms with E-state index in [4.69, 9.17) is 5.10 Å². The van der Waals surface area contributed by atoms with E-state index >= 15 is 0 Å². The number of rotatable bonds is 6. The molecule has 0 bridgehead atoms. The number of hydrogen-bond acceptors (Lipinski definition) is 3. The van der Waals surface area contributed by atoms with Crippen LogP contribution in [0.5, 0.6) is 0 Å². The lowest BCUT2D eigenvalue weighted by atomic mass is 10.0. The van der Waals surface area contributed by atoms with Crippen LogP contribution in [0.3, 0.4) is 0 Å². The number of nitrogens with one attached hydrogen (secondary N) is 1. The van der Waals surface area contributed by atoms with Crippen LogP contribution in [0.2, 0.25) is 0 Å². The van der Waals surface area contributed by atoms with Crippen LogP contribution in [-0.4, -0.2) is 20.3 Å². The molecule has 0 saturated carbocycles. The highest BCUT2D eigenvalue weighted by Crippen LogP contribution is 2.25. The van der Waals surface area contributed by atoms with Crippen LogP contribution in [0, 0.1) is 13.8 Å². The van der Waals surface area contributed by atoms with E-state index in [1.807, 2.05) is 69.3 Å². The van der Waals surface area contributed by atoms with Gasteiger partial charge in [-0.25, -0.2) is 4.68 Å². The van der Waals surface area contributed by atoms with E-state index in [9.17, 15) is 9.59 Å². The SMILES string of the molecule is CCc1cc(=O)n(CC(=O)Nc2ccc(C(C)C)cc2)c2c1c(C)nn2-c1ccc(C)cc1. The fraction of sp³-hybridized carbons (Fsp3) is 0.296. The summed E-state index contributed by atoms with van der Waals surface area (Å²) in [6.07, 6.45) is 0.710. The summed E-state index contributed by atoms with van der Waals surface area (Å²) in [7, 11) is 0. The molecule has 0 aliphatic rings. The molecule has 0 saturated heterocycles. The third-order valence-corrected chi connectivity index (χ3v) is 6.00. The van der Waals surface area contributed by atoms with Crippen LogP contribution in [0.15, 0.2) is 59.4 Å². The van der Waals surface area contributed by atoms with Crippen LogP contribution in [0.1, 0.15) is 49.1 Å². The molecule has 170 valence electrons. The molecule has 4 rings (SSSR count). The first kappa shape index (κ1) is 22.5. The van der Waals surface area contributed by atoms with E-state index in [1.165, 1.54) is 10.1 Å². The van der Waals surface area contributed by atoms with E-state index in [2.05, 4.69) is 19.2 Å². The van der Waals surface area contributed by atoms with Gasteiger partial charge in [-0.05, 0) is 61.6 Å². The van der Waals surface area contributed by atoms with Crippen molar-refractivity contribution in [1.29, 1.82) is 0 Å². The van der Waals surface area contributed by atoms with Gasteiger partial charge in [0.1, 0.15) is 12.2 Å². The summed E-state index contributed by atoms with van der Waals surface area (Å²) in [5.41, 5.74) is 6.11. The highest BCUT2D eigenvalue weighted by Gasteiger charge is 2.19. The second-order valence-electron chi connectivity index (χ2n) is 8.80. The molecule has 33 heavy (non-hydrogen) atoms. The Hall–Kier alpha value is -3.67. The maximum absolute atomic E-state index is 13.1. The number of carbonyl (C=O) groups excluding carboxylic acids is 1. The average Bonchev–Trinajstić information content (AvgIpc) is 3.13. The van der Waals surface area contributed by atoms with Crippen molar-refractivity contribution in [3.05, 3.63) is 87.3 Å². The van der Waals surface area contributed by atoms with E-state index in [-0.39, 0.29) is 18.0 Å². The largest absolute Gasteiger partial charge is 0.325 e. The average molecular weight is 443 g/mol. The highest BCUT2D eigenvalue weighted by molar-refractivity contribution is 5.92. The van der Waals surface area contributed by atoms with Gasteiger partial charge >= 0.3 is 0 Å². The molecule has 0 spiro atoms. The van der Waals surface area contributed by atoms with Gasteiger partial charge in [-0.2, -0.15) is 5.10 Å². The van der Waals surface area contributed by atoms with Crippen LogP contribution >= 0.6 is 0 Å². The fourth-order valence-electron chi connectivity index (χ4n) is 4.14. The lowest BCUT2D eigenvalue weighted by Gasteiger charge is -2.14. The summed E-state index contributed by atoms with van der Waals surface area (Å²) in [5.74, 6) is 0.165. The smallest absolute Gasteiger partial charge is 0.252 e. The summed E-state index contributed by atoms with van der Waals surface area (Å²) < 4.78 is 3.29. The molecule has 0 fully saturated rings. The molecule has 0 aliphatic carbocycles. The third-order valence-electron chi connectivity index (χ3n) is 6.00. The molecule has 4 aromatic rings. The number of benzene rings is 2. The molecule has 0 radical (unpaired) electrons. The number of hydrogen-bond donors (Lipinski definition) is 1. The van der Waals surface area contributed by atoms with Crippen molar-refractivity contribution in [3.8, 4) is 5.69 Å². The Labute approximate surface area is 193 Å². The summed E-state index contributed by atoms with van der Waals surface area (Å²) in [6.45, 7) is 10.2. The van der Waals surface area contributed by atoms with Crippen molar-refractivity contribution in [2.75, 3.05) is 5.32 Å². The first-order valence-electron chi connectivity index (χ1n) is 11.4. The zero-order valence-electron chi connectivity index (χ0n) is 19.8. The summed E-state index contributed by atoms with van der Waals surface area (Å²) >= 11 is 0. The minimum absolute atomic E-state index is 0.0950. The van der Waals surface area contributed by atoms with Gasteiger partial charge in [0.25, 0.3) is 5.56 Å². The lowest BCUT2D eigenvalue weighted by molar-refractivity contribution is -0.116. The number of carbonyl (C=O) groups is 1. The number of anilines is 1. The van der Waals surface area contributed by atoms with E-state index in [1.54, 1.807) is 10.7 Å². The molecular weight excluding hydrogens is 412 g/mol. The molecule has 1 amide bonds. The van der Waals surface area contributed by atoms with E-state index in [0.717, 1.165) is 27.9 Å². The maximum Gasteiger partial charge on any atom is 0.252 e. The number of nitrogens with zero attached hydrogens (tertiary/aromatic N) is 3. The Morgan fingerprint density at radius 1 is 1.03 bits per heavy atom. The van der Waals surface area contributed by atoms with Gasteiger partial charge in [-0.15, -0.1) is 0 Å². The van der Waals surface area contributed by atoms with Crippen LogP contribution in [0.4, 0.5) is 5.69 Å². The Morgan fingerprint density at radius 2 is 1.70 bits per heavy atom. The summed E-state index contributed by atoms with van der Waals surface area (Å²) in [4.78, 5) is 26.1. The van der Waals surface area contributed by atoms with Crippen LogP contribution in [0.25, 0.3) is 16.7 Å². The number of fused-ring (bicyclic) bond motifs is 1. The fourth-order valence-corrected chi connectivity index (χ4v) is 4.14. The standard InChI is InChI=1S/C27H30N4O2/c1-6-20-15-25(33)30(16-24(32)28-22-11-9-21(10-12-22)17(2)3)27-26(20)19(5)29-31(27)23-13-7-18(4)8-14-23/h7-15,17H,6,16H2,1-5H3,(H,28,32). The first-order chi connectivity index (χ1) is 15.8. The summed E-state index contributed by atoms with van der Waals surface area (Å²) in [5, 5.41) is 8.59. The van der Waals surface area contributed by atoms with Crippen molar-refractivity contribution in [2.24, 2.45) is 0 Å². The molecule has 1 N–H and O–H groups in total. The quantitative estimate of drug-likeness (QED) is 0.450. The molecule has 0 atom stereocenters. The normalized spacial score (nSPS) is 11.3. The predicted molar refractivity (Wildman–Crippen MR) is 133 cm³/mol. The van der Waals surface area contributed by atoms with Crippen molar-refractivity contribution in [3.63, 3.8) is 0 Å². The topological polar surface area (TPSA) is 68.9 Å². The van der Waals surface area contributed by atoms with Crippen molar-refractivity contribution >= 4 is 22.6 Å². The van der Waals surface area contributed by atoms with Crippen molar-refractivity contribution in [1.82, 2.24) is 14.3 Å². The first-order valence-corrected chi connectivity index (χ1v) is 11.4.